The van der Waals surface area contributed by atoms with Gasteiger partial charge in [-0.05, 0) is 31.7 Å². The lowest BCUT2D eigenvalue weighted by atomic mass is 10.1. The van der Waals surface area contributed by atoms with Crippen LogP contribution in [-0.2, 0) is 34.6 Å². The van der Waals surface area contributed by atoms with Crippen molar-refractivity contribution in [2.24, 2.45) is 7.05 Å². The van der Waals surface area contributed by atoms with Crippen LogP contribution >= 0.6 is 11.3 Å². The summed E-state index contributed by atoms with van der Waals surface area (Å²) in [7, 11) is -0.835. The molecule has 0 atom stereocenters. The van der Waals surface area contributed by atoms with Gasteiger partial charge >= 0.3 is 5.97 Å². The van der Waals surface area contributed by atoms with E-state index in [1.54, 1.807) is 14.0 Å². The lowest BCUT2D eigenvalue weighted by Crippen LogP contribution is -2.16. The van der Waals surface area contributed by atoms with Gasteiger partial charge in [0, 0.05) is 11.9 Å². The Morgan fingerprint density at radius 3 is 2.78 bits per heavy atom. The number of ether oxygens (including phenoxy) is 1. The highest BCUT2D eigenvalue weighted by atomic mass is 32.2. The standard InChI is InChI=1S/C14H17N3O4S2/c1-8-11(7-15-17(8)2)23(19,20)16-13-12(14(18)21-3)9-5-4-6-10(9)22-13/h7,16H,4-6H2,1-3H3. The van der Waals surface area contributed by atoms with Gasteiger partial charge in [0.05, 0.1) is 24.6 Å². The predicted molar refractivity (Wildman–Crippen MR) is 86.4 cm³/mol. The molecule has 2 heterocycles. The lowest BCUT2D eigenvalue weighted by molar-refractivity contribution is 0.0601. The minimum atomic E-state index is -3.81. The van der Waals surface area contributed by atoms with Crippen molar-refractivity contribution in [2.45, 2.75) is 31.1 Å². The average Bonchev–Trinajstić information content (AvgIpc) is 3.14. The van der Waals surface area contributed by atoms with E-state index in [-0.39, 0.29) is 4.90 Å². The van der Waals surface area contributed by atoms with Crippen LogP contribution < -0.4 is 4.72 Å². The van der Waals surface area contributed by atoms with E-state index in [1.165, 1.54) is 29.3 Å². The number of methoxy groups -OCH3 is 1. The third-order valence-corrected chi connectivity index (χ3v) is 6.81. The van der Waals surface area contributed by atoms with Gasteiger partial charge in [0.1, 0.15) is 9.90 Å². The number of aryl methyl sites for hydroxylation is 2. The molecule has 1 aliphatic carbocycles. The number of sulfonamides is 1. The van der Waals surface area contributed by atoms with E-state index in [2.05, 4.69) is 9.82 Å². The number of nitrogens with one attached hydrogen (secondary N) is 1. The summed E-state index contributed by atoms with van der Waals surface area (Å²) in [4.78, 5) is 13.2. The lowest BCUT2D eigenvalue weighted by Gasteiger charge is -2.08. The average molecular weight is 355 g/mol. The molecule has 2 aromatic heterocycles. The molecule has 0 radical (unpaired) electrons. The number of anilines is 1. The van der Waals surface area contributed by atoms with Crippen molar-refractivity contribution in [3.8, 4) is 0 Å². The maximum Gasteiger partial charge on any atom is 0.341 e. The number of nitrogens with zero attached hydrogens (tertiary/aromatic N) is 2. The first-order valence-corrected chi connectivity index (χ1v) is 9.39. The highest BCUT2D eigenvalue weighted by molar-refractivity contribution is 7.93. The van der Waals surface area contributed by atoms with Crippen molar-refractivity contribution in [1.82, 2.24) is 9.78 Å². The molecule has 0 spiro atoms. The van der Waals surface area contributed by atoms with E-state index < -0.39 is 16.0 Å². The number of carbonyl (C=O) groups is 1. The zero-order valence-electron chi connectivity index (χ0n) is 13.0. The molecule has 0 unspecified atom stereocenters. The third kappa shape index (κ3) is 2.63. The van der Waals surface area contributed by atoms with Crippen molar-refractivity contribution in [3.63, 3.8) is 0 Å². The van der Waals surface area contributed by atoms with Crippen LogP contribution in [0.4, 0.5) is 5.00 Å². The normalized spacial score (nSPS) is 13.9. The highest BCUT2D eigenvalue weighted by Crippen LogP contribution is 2.40. The summed E-state index contributed by atoms with van der Waals surface area (Å²) < 4.78 is 34.1. The number of fused-ring (bicyclic) bond motifs is 1. The van der Waals surface area contributed by atoms with E-state index in [0.29, 0.717) is 16.3 Å². The number of esters is 1. The van der Waals surface area contributed by atoms with Crippen molar-refractivity contribution in [3.05, 3.63) is 27.9 Å². The summed E-state index contributed by atoms with van der Waals surface area (Å²) in [6.07, 6.45) is 3.90. The monoisotopic (exact) mass is 355 g/mol. The number of rotatable bonds is 4. The van der Waals surface area contributed by atoms with Crippen LogP contribution in [0.15, 0.2) is 11.1 Å². The van der Waals surface area contributed by atoms with E-state index >= 15 is 0 Å². The molecule has 0 aromatic carbocycles. The fourth-order valence-electron chi connectivity index (χ4n) is 2.71. The summed E-state index contributed by atoms with van der Waals surface area (Å²) in [5, 5.41) is 4.28. The van der Waals surface area contributed by atoms with Crippen molar-refractivity contribution in [2.75, 3.05) is 11.8 Å². The van der Waals surface area contributed by atoms with E-state index in [1.807, 2.05) is 0 Å². The zero-order chi connectivity index (χ0) is 16.8. The molecule has 0 aliphatic heterocycles. The molecular formula is C14H17N3O4S2. The molecule has 23 heavy (non-hydrogen) atoms. The van der Waals surface area contributed by atoms with Crippen LogP contribution in [0.5, 0.6) is 0 Å². The third-order valence-electron chi connectivity index (χ3n) is 4.02. The molecule has 0 saturated heterocycles. The molecule has 0 amide bonds. The Labute approximate surface area is 138 Å². The molecule has 0 saturated carbocycles. The van der Waals surface area contributed by atoms with Gasteiger partial charge in [-0.1, -0.05) is 0 Å². The molecule has 0 fully saturated rings. The Morgan fingerprint density at radius 1 is 1.43 bits per heavy atom. The van der Waals surface area contributed by atoms with E-state index in [0.717, 1.165) is 29.7 Å². The van der Waals surface area contributed by atoms with E-state index in [4.69, 9.17) is 4.74 Å². The van der Waals surface area contributed by atoms with Gasteiger partial charge in [-0.25, -0.2) is 13.2 Å². The minimum Gasteiger partial charge on any atom is -0.465 e. The first-order valence-electron chi connectivity index (χ1n) is 7.09. The fourth-order valence-corrected chi connectivity index (χ4v) is 5.50. The van der Waals surface area contributed by atoms with Crippen molar-refractivity contribution in [1.29, 1.82) is 0 Å². The Hall–Kier alpha value is -1.87. The second kappa shape index (κ2) is 5.64. The largest absolute Gasteiger partial charge is 0.465 e. The molecular weight excluding hydrogens is 338 g/mol. The minimum absolute atomic E-state index is 0.101. The van der Waals surface area contributed by atoms with Gasteiger partial charge in [0.25, 0.3) is 10.0 Å². The summed E-state index contributed by atoms with van der Waals surface area (Å²) in [5.41, 5.74) is 1.78. The van der Waals surface area contributed by atoms with Crippen LogP contribution in [0.2, 0.25) is 0 Å². The number of aromatic nitrogens is 2. The number of carbonyl (C=O) groups excluding carboxylic acids is 1. The molecule has 1 aliphatic rings. The molecule has 1 N–H and O–H groups in total. The van der Waals surface area contributed by atoms with Gasteiger partial charge in [0.2, 0.25) is 0 Å². The number of hydrogen-bond acceptors (Lipinski definition) is 6. The van der Waals surface area contributed by atoms with Crippen LogP contribution in [0.3, 0.4) is 0 Å². The smallest absolute Gasteiger partial charge is 0.341 e. The van der Waals surface area contributed by atoms with Crippen LogP contribution in [0.25, 0.3) is 0 Å². The maximum atomic E-state index is 12.6. The molecule has 124 valence electrons. The van der Waals surface area contributed by atoms with Gasteiger partial charge in [-0.3, -0.25) is 9.40 Å². The Kier molecular flexibility index (Phi) is 3.93. The summed E-state index contributed by atoms with van der Waals surface area (Å²) in [5.74, 6) is -0.509. The van der Waals surface area contributed by atoms with Gasteiger partial charge < -0.3 is 4.74 Å². The summed E-state index contributed by atoms with van der Waals surface area (Å²) in [6.45, 7) is 1.68. The topological polar surface area (TPSA) is 90.3 Å². The number of thiophene rings is 1. The Morgan fingerprint density at radius 2 is 2.17 bits per heavy atom. The van der Waals surface area contributed by atoms with Gasteiger partial charge in [-0.15, -0.1) is 11.3 Å². The Bertz CT molecular complexity index is 880. The molecule has 3 rings (SSSR count). The van der Waals surface area contributed by atoms with Crippen LogP contribution in [0.1, 0.15) is 32.9 Å². The van der Waals surface area contributed by atoms with Crippen molar-refractivity contribution >= 4 is 32.3 Å². The van der Waals surface area contributed by atoms with Crippen LogP contribution in [0, 0.1) is 6.92 Å². The van der Waals surface area contributed by atoms with E-state index in [9.17, 15) is 13.2 Å². The molecule has 0 bridgehead atoms. The first kappa shape index (κ1) is 16.0. The highest BCUT2D eigenvalue weighted by Gasteiger charge is 2.30. The van der Waals surface area contributed by atoms with Crippen LogP contribution in [-0.4, -0.2) is 31.3 Å². The van der Waals surface area contributed by atoms with Gasteiger partial charge in [-0.2, -0.15) is 5.10 Å². The quantitative estimate of drug-likeness (QED) is 0.846. The maximum absolute atomic E-state index is 12.6. The fraction of sp³-hybridized carbons (Fsp3) is 0.429. The summed E-state index contributed by atoms with van der Waals surface area (Å²) >= 11 is 1.31. The second-order valence-electron chi connectivity index (χ2n) is 5.38. The molecule has 9 heteroatoms. The zero-order valence-corrected chi connectivity index (χ0v) is 14.7. The first-order chi connectivity index (χ1) is 10.8. The van der Waals surface area contributed by atoms with Gasteiger partial charge in [0.15, 0.2) is 0 Å². The Balaban J connectivity index is 2.03. The number of hydrogen-bond donors (Lipinski definition) is 1. The summed E-state index contributed by atoms with van der Waals surface area (Å²) in [6, 6.07) is 0. The second-order valence-corrected chi connectivity index (χ2v) is 8.13. The van der Waals surface area contributed by atoms with Crippen molar-refractivity contribution < 1.29 is 17.9 Å². The molecule has 2 aromatic rings. The predicted octanol–water partition coefficient (Wildman–Crippen LogP) is 1.87. The molecule has 7 nitrogen and oxygen atoms in total. The SMILES string of the molecule is COC(=O)c1c(NS(=O)(=O)c2cnn(C)c2C)sc2c1CCC2.